The lowest BCUT2D eigenvalue weighted by molar-refractivity contribution is -0.167. The minimum Gasteiger partial charge on any atom is -0.389 e. The van der Waals surface area contributed by atoms with Crippen LogP contribution in [0.5, 0.6) is 0 Å². The molecule has 4 rings (SSSR count). The summed E-state index contributed by atoms with van der Waals surface area (Å²) < 4.78 is 11.0. The molecule has 3 aromatic rings. The Morgan fingerprint density at radius 2 is 1.13 bits per heavy atom. The van der Waals surface area contributed by atoms with Gasteiger partial charge >= 0.3 is 0 Å². The molecule has 1 unspecified atom stereocenters. The first-order valence-electron chi connectivity index (χ1n) is 9.99. The number of aliphatic hydroxyl groups excluding tert-OH is 3. The monoisotopic (exact) mass is 406 g/mol. The zero-order chi connectivity index (χ0) is 21.1. The van der Waals surface area contributed by atoms with Gasteiger partial charge < -0.3 is 24.8 Å². The average molecular weight is 406 g/mol. The van der Waals surface area contributed by atoms with Crippen molar-refractivity contribution in [3.8, 4) is 0 Å². The third kappa shape index (κ3) is 3.35. The van der Waals surface area contributed by atoms with Crippen molar-refractivity contribution in [2.75, 3.05) is 7.11 Å². The van der Waals surface area contributed by atoms with Crippen molar-refractivity contribution in [1.29, 1.82) is 0 Å². The van der Waals surface area contributed by atoms with Gasteiger partial charge in [0.15, 0.2) is 6.29 Å². The molecule has 156 valence electrons. The molecule has 0 amide bonds. The van der Waals surface area contributed by atoms with Crippen molar-refractivity contribution >= 4 is 0 Å². The summed E-state index contributed by atoms with van der Waals surface area (Å²) >= 11 is 0. The van der Waals surface area contributed by atoms with Crippen molar-refractivity contribution in [2.45, 2.75) is 36.1 Å². The second-order valence-corrected chi connectivity index (χ2v) is 7.54. The van der Waals surface area contributed by atoms with Crippen molar-refractivity contribution in [3.63, 3.8) is 0 Å². The molecule has 0 aliphatic carbocycles. The van der Waals surface area contributed by atoms with Crippen molar-refractivity contribution in [3.05, 3.63) is 108 Å². The summed E-state index contributed by atoms with van der Waals surface area (Å²) in [6.07, 6.45) is -5.85. The van der Waals surface area contributed by atoms with Crippen LogP contribution in [-0.2, 0) is 14.9 Å². The molecule has 1 aliphatic rings. The van der Waals surface area contributed by atoms with Crippen LogP contribution in [0.3, 0.4) is 0 Å². The predicted octanol–water partition coefficient (Wildman–Crippen LogP) is 2.48. The van der Waals surface area contributed by atoms with Gasteiger partial charge in [0.25, 0.3) is 0 Å². The highest BCUT2D eigenvalue weighted by atomic mass is 16.7. The van der Waals surface area contributed by atoms with Crippen LogP contribution in [0.4, 0.5) is 0 Å². The minimum atomic E-state index is -1.31. The van der Waals surface area contributed by atoms with E-state index in [1.807, 2.05) is 91.0 Å². The number of rotatable bonds is 6. The summed E-state index contributed by atoms with van der Waals surface area (Å²) in [6, 6.07) is 29.0. The highest BCUT2D eigenvalue weighted by molar-refractivity contribution is 5.52. The molecule has 0 radical (unpaired) electrons. The van der Waals surface area contributed by atoms with Gasteiger partial charge in [-0.3, -0.25) is 0 Å². The Balaban J connectivity index is 1.96. The van der Waals surface area contributed by atoms with E-state index in [1.54, 1.807) is 0 Å². The first kappa shape index (κ1) is 20.7. The molecule has 1 saturated heterocycles. The molecule has 0 saturated carbocycles. The lowest BCUT2D eigenvalue weighted by atomic mass is 9.64. The van der Waals surface area contributed by atoms with E-state index < -0.39 is 36.1 Å². The van der Waals surface area contributed by atoms with Gasteiger partial charge in [-0.25, -0.2) is 0 Å². The summed E-state index contributed by atoms with van der Waals surface area (Å²) in [4.78, 5) is 0. The summed E-state index contributed by atoms with van der Waals surface area (Å²) in [6.45, 7) is 0. The molecular formula is C25H26O5. The zero-order valence-electron chi connectivity index (χ0n) is 16.7. The average Bonchev–Trinajstić information content (AvgIpc) is 3.10. The number of ether oxygens (including phenoxy) is 2. The van der Waals surface area contributed by atoms with E-state index in [9.17, 15) is 15.3 Å². The number of hydrogen-bond acceptors (Lipinski definition) is 5. The fourth-order valence-electron chi connectivity index (χ4n) is 4.49. The van der Waals surface area contributed by atoms with Crippen LogP contribution in [0.2, 0.25) is 0 Å². The van der Waals surface area contributed by atoms with E-state index in [0.717, 1.165) is 16.7 Å². The summed E-state index contributed by atoms with van der Waals surface area (Å²) in [7, 11) is 1.40. The Morgan fingerprint density at radius 3 is 1.47 bits per heavy atom. The highest BCUT2D eigenvalue weighted by Gasteiger charge is 2.54. The van der Waals surface area contributed by atoms with Gasteiger partial charge in [0.2, 0.25) is 0 Å². The van der Waals surface area contributed by atoms with Gasteiger partial charge in [-0.15, -0.1) is 0 Å². The molecule has 5 heteroatoms. The van der Waals surface area contributed by atoms with E-state index >= 15 is 0 Å². The van der Waals surface area contributed by atoms with Crippen LogP contribution in [0.15, 0.2) is 91.0 Å². The summed E-state index contributed by atoms with van der Waals surface area (Å²) in [5, 5.41) is 32.9. The van der Waals surface area contributed by atoms with Crippen molar-refractivity contribution in [1.82, 2.24) is 0 Å². The van der Waals surface area contributed by atoms with Gasteiger partial charge in [-0.05, 0) is 16.7 Å². The van der Waals surface area contributed by atoms with Gasteiger partial charge in [0.1, 0.15) is 24.4 Å². The molecule has 5 atom stereocenters. The molecule has 30 heavy (non-hydrogen) atoms. The molecule has 3 N–H and O–H groups in total. The van der Waals surface area contributed by atoms with Gasteiger partial charge in [-0.1, -0.05) is 91.0 Å². The molecule has 5 nitrogen and oxygen atoms in total. The van der Waals surface area contributed by atoms with Crippen LogP contribution in [-0.4, -0.2) is 53.1 Å². The molecule has 0 bridgehead atoms. The maximum atomic E-state index is 11.9. The fourth-order valence-corrected chi connectivity index (χ4v) is 4.49. The van der Waals surface area contributed by atoms with Crippen LogP contribution in [0.25, 0.3) is 0 Å². The second kappa shape index (κ2) is 8.68. The molecule has 1 fully saturated rings. The van der Waals surface area contributed by atoms with E-state index in [4.69, 9.17) is 9.47 Å². The van der Waals surface area contributed by atoms with E-state index in [2.05, 4.69) is 0 Å². The lowest BCUT2D eigenvalue weighted by Crippen LogP contribution is -2.52. The smallest absolute Gasteiger partial charge is 0.186 e. The second-order valence-electron chi connectivity index (χ2n) is 7.54. The highest BCUT2D eigenvalue weighted by Crippen LogP contribution is 2.45. The van der Waals surface area contributed by atoms with E-state index in [1.165, 1.54) is 7.11 Å². The number of aliphatic hydroxyl groups is 3. The Bertz CT molecular complexity index is 835. The van der Waals surface area contributed by atoms with Crippen LogP contribution < -0.4 is 0 Å². The first-order chi connectivity index (χ1) is 14.6. The van der Waals surface area contributed by atoms with Gasteiger partial charge in [0.05, 0.1) is 5.41 Å². The topological polar surface area (TPSA) is 79.2 Å². The fraction of sp³-hybridized carbons (Fsp3) is 0.280. The SMILES string of the molecule is CO[C@H]1O[C@H](C(O)C(c2ccccc2)(c2ccccc2)c2ccccc2)[C@H](O)[C@@H]1O. The quantitative estimate of drug-likeness (QED) is 0.548. The van der Waals surface area contributed by atoms with Crippen LogP contribution >= 0.6 is 0 Å². The van der Waals surface area contributed by atoms with Crippen LogP contribution in [0.1, 0.15) is 16.7 Å². The summed E-state index contributed by atoms with van der Waals surface area (Å²) in [5.41, 5.74) is 1.50. The number of methoxy groups -OCH3 is 1. The molecule has 0 spiro atoms. The van der Waals surface area contributed by atoms with Gasteiger partial charge in [-0.2, -0.15) is 0 Å². The Hall–Kier alpha value is -2.54. The molecule has 1 aliphatic heterocycles. The maximum Gasteiger partial charge on any atom is 0.186 e. The standard InChI is InChI=1S/C25H26O5/c1-29-24-21(27)20(26)22(30-24)23(28)25(17-11-5-2-6-12-17,18-13-7-3-8-14-18)19-15-9-4-10-16-19/h2-16,20-24,26-28H,1H3/t20-,21+,22+,23?,24+/m1/s1. The zero-order valence-corrected chi connectivity index (χ0v) is 16.7. The van der Waals surface area contributed by atoms with Crippen LogP contribution in [0, 0.1) is 0 Å². The normalized spacial score (nSPS) is 25.2. The minimum absolute atomic E-state index is 0.848. The summed E-state index contributed by atoms with van der Waals surface area (Å²) in [5.74, 6) is 0. The van der Waals surface area contributed by atoms with E-state index in [-0.39, 0.29) is 0 Å². The Labute approximate surface area is 176 Å². The molecule has 3 aromatic carbocycles. The molecule has 1 heterocycles. The maximum absolute atomic E-state index is 11.9. The Kier molecular flexibility index (Phi) is 5.99. The molecule has 0 aromatic heterocycles. The predicted molar refractivity (Wildman–Crippen MR) is 113 cm³/mol. The third-order valence-corrected chi connectivity index (χ3v) is 5.93. The lowest BCUT2D eigenvalue weighted by Gasteiger charge is -2.42. The van der Waals surface area contributed by atoms with Crippen molar-refractivity contribution in [2.24, 2.45) is 0 Å². The largest absolute Gasteiger partial charge is 0.389 e. The third-order valence-electron chi connectivity index (χ3n) is 5.93. The number of benzene rings is 3. The van der Waals surface area contributed by atoms with Gasteiger partial charge in [0, 0.05) is 7.11 Å². The first-order valence-corrected chi connectivity index (χ1v) is 9.99. The Morgan fingerprint density at radius 1 is 0.733 bits per heavy atom. The number of hydrogen-bond donors (Lipinski definition) is 3. The van der Waals surface area contributed by atoms with Crippen molar-refractivity contribution < 1.29 is 24.8 Å². The van der Waals surface area contributed by atoms with E-state index in [0.29, 0.717) is 0 Å². The molecular weight excluding hydrogens is 380 g/mol.